The van der Waals surface area contributed by atoms with E-state index in [4.69, 9.17) is 9.84 Å². The van der Waals surface area contributed by atoms with Crippen molar-refractivity contribution in [2.24, 2.45) is 0 Å². The second-order valence-electron chi connectivity index (χ2n) is 5.65. The second kappa shape index (κ2) is 8.14. The summed E-state index contributed by atoms with van der Waals surface area (Å²) in [5.41, 5.74) is 0.844. The summed E-state index contributed by atoms with van der Waals surface area (Å²) in [6.45, 7) is -0.420. The van der Waals surface area contributed by atoms with Gasteiger partial charge in [0.25, 0.3) is 0 Å². The number of rotatable bonds is 8. The number of aliphatic hydroxyl groups is 3. The molecule has 0 bridgehead atoms. The summed E-state index contributed by atoms with van der Waals surface area (Å²) in [4.78, 5) is 23.0. The van der Waals surface area contributed by atoms with Crippen molar-refractivity contribution >= 4 is 34.7 Å². The van der Waals surface area contributed by atoms with Gasteiger partial charge >= 0.3 is 5.97 Å². The maximum absolute atomic E-state index is 10.5. The van der Waals surface area contributed by atoms with Gasteiger partial charge in [-0.1, -0.05) is 0 Å². The number of ether oxygens (including phenoxy) is 1. The molecule has 26 heavy (non-hydrogen) atoms. The fourth-order valence-corrected chi connectivity index (χ4v) is 3.33. The van der Waals surface area contributed by atoms with Gasteiger partial charge in [0.05, 0.1) is 25.2 Å². The normalized spacial score (nSPS) is 25.7. The standard InChI is InChI=1S/C14H19N5O6S/c20-3-7-10(23)11(24)14(25-7)19-5-17-9-12(15-4-16-13(9)19)18-6-26-2-1-8(21)22/h4-5,7,10-11,14,20,23-24H,1-3,6H2,(H,21,22)(H,15,16,18). The quantitative estimate of drug-likeness (QED) is 0.280. The Morgan fingerprint density at radius 1 is 1.31 bits per heavy atom. The first-order valence-corrected chi connectivity index (χ1v) is 9.01. The molecule has 0 saturated carbocycles. The molecule has 1 aliphatic heterocycles. The van der Waals surface area contributed by atoms with Crippen molar-refractivity contribution in [2.75, 3.05) is 23.6 Å². The molecule has 1 saturated heterocycles. The summed E-state index contributed by atoms with van der Waals surface area (Å²) in [6, 6.07) is 0. The lowest BCUT2D eigenvalue weighted by atomic mass is 10.1. The van der Waals surface area contributed by atoms with Gasteiger partial charge in [0.1, 0.15) is 24.6 Å². The lowest BCUT2D eigenvalue weighted by Gasteiger charge is -2.16. The van der Waals surface area contributed by atoms with Crippen LogP contribution < -0.4 is 5.32 Å². The molecule has 1 aliphatic rings. The number of aliphatic hydroxyl groups excluding tert-OH is 3. The molecule has 0 radical (unpaired) electrons. The van der Waals surface area contributed by atoms with Crippen LogP contribution in [0.25, 0.3) is 11.2 Å². The summed E-state index contributed by atoms with van der Waals surface area (Å²) < 4.78 is 6.97. The van der Waals surface area contributed by atoms with Crippen LogP contribution in [0.15, 0.2) is 12.7 Å². The number of carboxylic acids is 1. The maximum atomic E-state index is 10.5. The van der Waals surface area contributed by atoms with Gasteiger partial charge in [-0.15, -0.1) is 11.8 Å². The van der Waals surface area contributed by atoms with Crippen LogP contribution in [-0.4, -0.2) is 82.5 Å². The van der Waals surface area contributed by atoms with Crippen LogP contribution >= 0.6 is 11.8 Å². The Morgan fingerprint density at radius 2 is 2.12 bits per heavy atom. The van der Waals surface area contributed by atoms with Gasteiger partial charge in [-0.2, -0.15) is 0 Å². The Hall–Kier alpha value is -1.99. The van der Waals surface area contributed by atoms with Gasteiger partial charge in [-0.25, -0.2) is 15.0 Å². The van der Waals surface area contributed by atoms with Gasteiger partial charge in [0.2, 0.25) is 0 Å². The first-order chi connectivity index (χ1) is 12.5. The highest BCUT2D eigenvalue weighted by Gasteiger charge is 2.44. The Kier molecular flexibility index (Phi) is 5.88. The molecule has 2 aromatic heterocycles. The number of hydrogen-bond acceptors (Lipinski definition) is 10. The van der Waals surface area contributed by atoms with Crippen LogP contribution in [0.1, 0.15) is 12.6 Å². The smallest absolute Gasteiger partial charge is 0.304 e. The molecule has 1 fully saturated rings. The molecule has 0 aliphatic carbocycles. The Bertz CT molecular complexity index is 773. The number of carbonyl (C=O) groups is 1. The third kappa shape index (κ3) is 3.73. The van der Waals surface area contributed by atoms with E-state index in [1.54, 1.807) is 0 Å². The molecule has 3 rings (SSSR count). The number of nitrogens with zero attached hydrogens (tertiary/aromatic N) is 4. The monoisotopic (exact) mass is 385 g/mol. The minimum absolute atomic E-state index is 0.0748. The fraction of sp³-hybridized carbons (Fsp3) is 0.571. The molecule has 12 heteroatoms. The van der Waals surface area contributed by atoms with Gasteiger partial charge in [-0.3, -0.25) is 9.36 Å². The first-order valence-electron chi connectivity index (χ1n) is 7.86. The van der Waals surface area contributed by atoms with Crippen molar-refractivity contribution in [3.05, 3.63) is 12.7 Å². The number of hydrogen-bond donors (Lipinski definition) is 5. The molecule has 142 valence electrons. The number of imidazole rings is 1. The van der Waals surface area contributed by atoms with Crippen molar-refractivity contribution in [1.82, 2.24) is 19.5 Å². The van der Waals surface area contributed by atoms with Crippen molar-refractivity contribution in [3.63, 3.8) is 0 Å². The summed E-state index contributed by atoms with van der Waals surface area (Å²) in [5.74, 6) is 0.524. The number of fused-ring (bicyclic) bond motifs is 1. The molecule has 0 amide bonds. The van der Waals surface area contributed by atoms with Crippen LogP contribution in [0.4, 0.5) is 5.82 Å². The third-order valence-electron chi connectivity index (χ3n) is 3.95. The Labute approximate surface area is 152 Å². The van der Waals surface area contributed by atoms with E-state index in [9.17, 15) is 20.1 Å². The van der Waals surface area contributed by atoms with Gasteiger partial charge in [0.15, 0.2) is 23.2 Å². The minimum atomic E-state index is -1.23. The largest absolute Gasteiger partial charge is 0.481 e. The Morgan fingerprint density at radius 3 is 2.81 bits per heavy atom. The molecule has 3 heterocycles. The average molecular weight is 385 g/mol. The molecule has 0 aromatic carbocycles. The SMILES string of the molecule is O=C(O)CCSCNc1ncnc2c1ncn2C1OC(CO)C(O)C1O. The van der Waals surface area contributed by atoms with Crippen molar-refractivity contribution < 1.29 is 30.0 Å². The third-order valence-corrected chi connectivity index (χ3v) is 4.79. The van der Waals surface area contributed by atoms with E-state index < -0.39 is 37.1 Å². The van der Waals surface area contributed by atoms with E-state index in [1.807, 2.05) is 0 Å². The number of nitrogens with one attached hydrogen (secondary N) is 1. The molecular weight excluding hydrogens is 366 g/mol. The van der Waals surface area contributed by atoms with E-state index in [-0.39, 0.29) is 6.42 Å². The number of thioether (sulfide) groups is 1. The maximum Gasteiger partial charge on any atom is 0.304 e. The molecular formula is C14H19N5O6S. The van der Waals surface area contributed by atoms with Crippen LogP contribution in [0.2, 0.25) is 0 Å². The zero-order valence-electron chi connectivity index (χ0n) is 13.6. The van der Waals surface area contributed by atoms with Crippen molar-refractivity contribution in [3.8, 4) is 0 Å². The zero-order valence-corrected chi connectivity index (χ0v) is 14.4. The highest BCUT2D eigenvalue weighted by molar-refractivity contribution is 7.99. The summed E-state index contributed by atoms with van der Waals surface area (Å²) in [7, 11) is 0. The van der Waals surface area contributed by atoms with E-state index in [2.05, 4.69) is 20.3 Å². The predicted octanol–water partition coefficient (Wildman–Crippen LogP) is -0.985. The molecule has 2 aromatic rings. The number of carboxylic acid groups (broad SMARTS) is 1. The van der Waals surface area contributed by atoms with E-state index in [0.717, 1.165) is 0 Å². The fourth-order valence-electron chi connectivity index (χ4n) is 2.63. The lowest BCUT2D eigenvalue weighted by Crippen LogP contribution is -2.33. The van der Waals surface area contributed by atoms with Crippen LogP contribution in [0.3, 0.4) is 0 Å². The molecule has 4 atom stereocenters. The molecule has 11 nitrogen and oxygen atoms in total. The minimum Gasteiger partial charge on any atom is -0.481 e. The highest BCUT2D eigenvalue weighted by Crippen LogP contribution is 2.32. The van der Waals surface area contributed by atoms with Gasteiger partial charge < -0.3 is 30.5 Å². The summed E-state index contributed by atoms with van der Waals surface area (Å²) in [6.07, 6.45) is -1.45. The molecule has 5 N–H and O–H groups in total. The Balaban J connectivity index is 1.73. The lowest BCUT2D eigenvalue weighted by molar-refractivity contribution is -0.136. The number of anilines is 1. The van der Waals surface area contributed by atoms with Crippen molar-refractivity contribution in [1.29, 1.82) is 0 Å². The summed E-state index contributed by atoms with van der Waals surface area (Å²) >= 11 is 1.41. The van der Waals surface area contributed by atoms with E-state index >= 15 is 0 Å². The zero-order chi connectivity index (χ0) is 18.7. The second-order valence-corrected chi connectivity index (χ2v) is 6.75. The molecule has 4 unspecified atom stereocenters. The topological polar surface area (TPSA) is 163 Å². The van der Waals surface area contributed by atoms with Gasteiger partial charge in [0, 0.05) is 5.75 Å². The molecule has 0 spiro atoms. The van der Waals surface area contributed by atoms with E-state index in [1.165, 1.54) is 29.0 Å². The predicted molar refractivity (Wildman–Crippen MR) is 91.5 cm³/mol. The van der Waals surface area contributed by atoms with Gasteiger partial charge in [-0.05, 0) is 0 Å². The van der Waals surface area contributed by atoms with Crippen LogP contribution in [-0.2, 0) is 9.53 Å². The van der Waals surface area contributed by atoms with Crippen LogP contribution in [0, 0.1) is 0 Å². The first kappa shape index (κ1) is 18.8. The van der Waals surface area contributed by atoms with Crippen molar-refractivity contribution in [2.45, 2.75) is 31.0 Å². The average Bonchev–Trinajstić information content (AvgIpc) is 3.17. The van der Waals surface area contributed by atoms with Crippen LogP contribution in [0.5, 0.6) is 0 Å². The number of aromatic nitrogens is 4. The summed E-state index contributed by atoms with van der Waals surface area (Å²) in [5, 5.41) is 40.9. The number of aliphatic carboxylic acids is 1. The van der Waals surface area contributed by atoms with E-state index in [0.29, 0.717) is 28.6 Å². The highest BCUT2D eigenvalue weighted by atomic mass is 32.2.